The predicted octanol–water partition coefficient (Wildman–Crippen LogP) is 1.83. The summed E-state index contributed by atoms with van der Waals surface area (Å²) in [6.45, 7) is 7.80. The first-order valence-corrected chi connectivity index (χ1v) is 5.96. The van der Waals surface area contributed by atoms with Gasteiger partial charge in [0, 0.05) is 18.3 Å². The number of rotatable bonds is 4. The van der Waals surface area contributed by atoms with Gasteiger partial charge in [-0.2, -0.15) is 0 Å². The predicted molar refractivity (Wildman–Crippen MR) is 68.5 cm³/mol. The van der Waals surface area contributed by atoms with Crippen molar-refractivity contribution in [2.24, 2.45) is 0 Å². The number of hydrogen-bond donors (Lipinski definition) is 1. The van der Waals surface area contributed by atoms with Crippen LogP contribution in [0.4, 0.5) is 0 Å². The molecule has 0 aliphatic carbocycles. The van der Waals surface area contributed by atoms with Gasteiger partial charge in [0.15, 0.2) is 0 Å². The SMILES string of the molecule is CCn1cccc1C(=O)N(CC(=O)O)C(C)(C)C. The average Bonchev–Trinajstić information content (AvgIpc) is 2.71. The van der Waals surface area contributed by atoms with Crippen LogP contribution < -0.4 is 0 Å². The Hall–Kier alpha value is -1.78. The summed E-state index contributed by atoms with van der Waals surface area (Å²) in [5, 5.41) is 8.92. The Labute approximate surface area is 107 Å². The lowest BCUT2D eigenvalue weighted by Crippen LogP contribution is -2.48. The van der Waals surface area contributed by atoms with Gasteiger partial charge in [-0.15, -0.1) is 0 Å². The molecule has 1 N–H and O–H groups in total. The van der Waals surface area contributed by atoms with Crippen molar-refractivity contribution in [1.29, 1.82) is 0 Å². The molecule has 0 spiro atoms. The summed E-state index contributed by atoms with van der Waals surface area (Å²) in [5.41, 5.74) is -0.00753. The first-order chi connectivity index (χ1) is 8.27. The molecule has 0 aliphatic rings. The van der Waals surface area contributed by atoms with E-state index >= 15 is 0 Å². The Balaban J connectivity index is 3.07. The fourth-order valence-electron chi connectivity index (χ4n) is 1.77. The number of carboxylic acids is 1. The smallest absolute Gasteiger partial charge is 0.323 e. The molecule has 18 heavy (non-hydrogen) atoms. The van der Waals surface area contributed by atoms with Crippen molar-refractivity contribution in [2.75, 3.05) is 6.54 Å². The second-order valence-electron chi connectivity index (χ2n) is 5.14. The van der Waals surface area contributed by atoms with Crippen LogP contribution in [0.25, 0.3) is 0 Å². The van der Waals surface area contributed by atoms with Crippen LogP contribution in [0.5, 0.6) is 0 Å². The van der Waals surface area contributed by atoms with Gasteiger partial charge in [-0.1, -0.05) is 0 Å². The number of aromatic nitrogens is 1. The molecule has 5 heteroatoms. The van der Waals surface area contributed by atoms with Crippen molar-refractivity contribution in [1.82, 2.24) is 9.47 Å². The van der Waals surface area contributed by atoms with Crippen LogP contribution in [0, 0.1) is 0 Å². The van der Waals surface area contributed by atoms with Gasteiger partial charge in [-0.25, -0.2) is 0 Å². The lowest BCUT2D eigenvalue weighted by Gasteiger charge is -2.34. The molecule has 0 aliphatic heterocycles. The largest absolute Gasteiger partial charge is 0.480 e. The summed E-state index contributed by atoms with van der Waals surface area (Å²) < 4.78 is 1.81. The minimum atomic E-state index is -1.01. The topological polar surface area (TPSA) is 62.5 Å². The fraction of sp³-hybridized carbons (Fsp3) is 0.538. The number of aryl methyl sites for hydroxylation is 1. The summed E-state index contributed by atoms with van der Waals surface area (Å²) in [6.07, 6.45) is 1.81. The van der Waals surface area contributed by atoms with E-state index in [2.05, 4.69) is 0 Å². The highest BCUT2D eigenvalue weighted by atomic mass is 16.4. The summed E-state index contributed by atoms with van der Waals surface area (Å²) in [6, 6.07) is 3.50. The quantitative estimate of drug-likeness (QED) is 0.889. The minimum absolute atomic E-state index is 0.253. The molecule has 0 saturated heterocycles. The van der Waals surface area contributed by atoms with E-state index in [1.54, 1.807) is 12.1 Å². The van der Waals surface area contributed by atoms with E-state index in [-0.39, 0.29) is 12.5 Å². The van der Waals surface area contributed by atoms with Gasteiger partial charge in [0.1, 0.15) is 12.2 Å². The Morgan fingerprint density at radius 3 is 2.44 bits per heavy atom. The molecule has 0 aromatic carbocycles. The van der Waals surface area contributed by atoms with Gasteiger partial charge < -0.3 is 14.6 Å². The van der Waals surface area contributed by atoms with E-state index in [0.717, 1.165) is 0 Å². The van der Waals surface area contributed by atoms with Crippen LogP contribution in [0.2, 0.25) is 0 Å². The van der Waals surface area contributed by atoms with E-state index in [0.29, 0.717) is 12.2 Å². The van der Waals surface area contributed by atoms with Crippen LogP contribution in [-0.4, -0.2) is 38.5 Å². The zero-order valence-corrected chi connectivity index (χ0v) is 11.3. The van der Waals surface area contributed by atoms with Crippen LogP contribution in [0.1, 0.15) is 38.2 Å². The molecule has 0 unspecified atom stereocenters. The lowest BCUT2D eigenvalue weighted by atomic mass is 10.1. The number of hydrogen-bond acceptors (Lipinski definition) is 2. The number of carbonyl (C=O) groups is 2. The number of amides is 1. The third-order valence-electron chi connectivity index (χ3n) is 2.74. The minimum Gasteiger partial charge on any atom is -0.480 e. The molecule has 1 rings (SSSR count). The van der Waals surface area contributed by atoms with E-state index in [1.165, 1.54) is 4.90 Å². The second-order valence-corrected chi connectivity index (χ2v) is 5.14. The zero-order valence-electron chi connectivity index (χ0n) is 11.3. The molecule has 5 nitrogen and oxygen atoms in total. The zero-order chi connectivity index (χ0) is 13.9. The summed E-state index contributed by atoms with van der Waals surface area (Å²) >= 11 is 0. The van der Waals surface area contributed by atoms with Gasteiger partial charge in [-0.3, -0.25) is 9.59 Å². The maximum Gasteiger partial charge on any atom is 0.323 e. The number of carboxylic acid groups (broad SMARTS) is 1. The molecule has 0 bridgehead atoms. The molecule has 1 amide bonds. The molecule has 0 atom stereocenters. The Bertz CT molecular complexity index is 443. The van der Waals surface area contributed by atoms with Crippen molar-refractivity contribution in [2.45, 2.75) is 39.8 Å². The monoisotopic (exact) mass is 252 g/mol. The fourth-order valence-corrected chi connectivity index (χ4v) is 1.77. The van der Waals surface area contributed by atoms with Crippen LogP contribution >= 0.6 is 0 Å². The number of nitrogens with zero attached hydrogens (tertiary/aromatic N) is 2. The van der Waals surface area contributed by atoms with Crippen molar-refractivity contribution in [3.8, 4) is 0 Å². The van der Waals surface area contributed by atoms with Gasteiger partial charge >= 0.3 is 5.97 Å². The molecule has 1 heterocycles. The van der Waals surface area contributed by atoms with Crippen LogP contribution in [-0.2, 0) is 11.3 Å². The standard InChI is InChI=1S/C13H20N2O3/c1-5-14-8-6-7-10(14)12(18)15(9-11(16)17)13(2,3)4/h6-8H,5,9H2,1-4H3,(H,16,17). The second kappa shape index (κ2) is 5.25. The molecule has 0 radical (unpaired) electrons. The highest BCUT2D eigenvalue weighted by Crippen LogP contribution is 2.17. The van der Waals surface area contributed by atoms with E-state index in [4.69, 9.17) is 5.11 Å². The number of carbonyl (C=O) groups excluding carboxylic acids is 1. The van der Waals surface area contributed by atoms with Crippen molar-refractivity contribution >= 4 is 11.9 Å². The van der Waals surface area contributed by atoms with Gasteiger partial charge in [0.2, 0.25) is 0 Å². The van der Waals surface area contributed by atoms with Crippen molar-refractivity contribution in [3.63, 3.8) is 0 Å². The summed E-state index contributed by atoms with van der Waals surface area (Å²) in [7, 11) is 0. The normalized spacial score (nSPS) is 11.3. The molecule has 1 aromatic heterocycles. The maximum atomic E-state index is 12.4. The van der Waals surface area contributed by atoms with E-state index in [9.17, 15) is 9.59 Å². The molecule has 0 saturated carbocycles. The Morgan fingerprint density at radius 1 is 1.39 bits per heavy atom. The first kappa shape index (κ1) is 14.3. The van der Waals surface area contributed by atoms with Crippen LogP contribution in [0.3, 0.4) is 0 Å². The molecular weight excluding hydrogens is 232 g/mol. The summed E-state index contributed by atoms with van der Waals surface area (Å²) in [5.74, 6) is -1.26. The van der Waals surface area contributed by atoms with Gasteiger partial charge in [0.25, 0.3) is 5.91 Å². The molecular formula is C13H20N2O3. The van der Waals surface area contributed by atoms with Gasteiger partial charge in [-0.05, 0) is 39.8 Å². The highest BCUT2D eigenvalue weighted by Gasteiger charge is 2.30. The third-order valence-corrected chi connectivity index (χ3v) is 2.74. The van der Waals surface area contributed by atoms with Crippen molar-refractivity contribution in [3.05, 3.63) is 24.0 Å². The maximum absolute atomic E-state index is 12.4. The molecule has 1 aromatic rings. The van der Waals surface area contributed by atoms with Gasteiger partial charge in [0.05, 0.1) is 0 Å². The first-order valence-electron chi connectivity index (χ1n) is 5.96. The molecule has 100 valence electrons. The highest BCUT2D eigenvalue weighted by molar-refractivity contribution is 5.95. The van der Waals surface area contributed by atoms with Crippen molar-refractivity contribution < 1.29 is 14.7 Å². The number of aliphatic carboxylic acids is 1. The molecule has 0 fully saturated rings. The van der Waals surface area contributed by atoms with Crippen LogP contribution in [0.15, 0.2) is 18.3 Å². The Morgan fingerprint density at radius 2 is 2.00 bits per heavy atom. The van der Waals surface area contributed by atoms with E-state index in [1.807, 2.05) is 38.5 Å². The third kappa shape index (κ3) is 3.12. The summed E-state index contributed by atoms with van der Waals surface area (Å²) in [4.78, 5) is 24.7. The lowest BCUT2D eigenvalue weighted by molar-refractivity contribution is -0.138. The average molecular weight is 252 g/mol. The van der Waals surface area contributed by atoms with E-state index < -0.39 is 11.5 Å². The Kier molecular flexibility index (Phi) is 4.16.